The summed E-state index contributed by atoms with van der Waals surface area (Å²) in [5, 5.41) is 10.5. The van der Waals surface area contributed by atoms with Crippen molar-refractivity contribution in [3.63, 3.8) is 0 Å². The Morgan fingerprint density at radius 1 is 1.05 bits per heavy atom. The number of hydrogen-bond acceptors (Lipinski definition) is 1. The third-order valence-corrected chi connectivity index (χ3v) is 6.41. The van der Waals surface area contributed by atoms with Gasteiger partial charge >= 0.3 is 0 Å². The number of phenolic OH excluding ortho intramolecular Hbond substituents is 1. The fraction of sp³-hybridized carbons (Fsp3) is 0.647. The number of benzene rings is 1. The highest BCUT2D eigenvalue weighted by molar-refractivity contribution is 9.10. The molecule has 0 unspecified atom stereocenters. The van der Waals surface area contributed by atoms with Gasteiger partial charge in [0.2, 0.25) is 0 Å². The maximum Gasteiger partial charge on any atom is 0.120 e. The number of aryl methyl sites for hydroxylation is 1. The molecule has 0 heterocycles. The molecule has 4 aliphatic carbocycles. The Morgan fingerprint density at radius 2 is 1.58 bits per heavy atom. The summed E-state index contributed by atoms with van der Waals surface area (Å²) in [6.45, 7) is 2.05. The van der Waals surface area contributed by atoms with Gasteiger partial charge in [0, 0.05) is 15.5 Å². The molecule has 0 aliphatic heterocycles. The highest BCUT2D eigenvalue weighted by Crippen LogP contribution is 2.62. The van der Waals surface area contributed by atoms with Gasteiger partial charge in [-0.25, -0.2) is 0 Å². The van der Waals surface area contributed by atoms with Crippen molar-refractivity contribution in [1.29, 1.82) is 0 Å². The van der Waals surface area contributed by atoms with E-state index in [2.05, 4.69) is 22.0 Å². The van der Waals surface area contributed by atoms with Crippen molar-refractivity contribution < 1.29 is 5.11 Å². The van der Waals surface area contributed by atoms with Gasteiger partial charge in [-0.3, -0.25) is 0 Å². The van der Waals surface area contributed by atoms with Crippen LogP contribution in [0.15, 0.2) is 16.6 Å². The Balaban J connectivity index is 1.84. The second kappa shape index (κ2) is 4.00. The normalized spacial score (nSPS) is 39.8. The molecule has 0 atom stereocenters. The zero-order chi connectivity index (χ0) is 13.2. The molecule has 4 fully saturated rings. The fourth-order valence-electron chi connectivity index (χ4n) is 5.67. The van der Waals surface area contributed by atoms with Crippen LogP contribution >= 0.6 is 15.9 Å². The minimum Gasteiger partial charge on any atom is -0.508 e. The molecule has 0 saturated heterocycles. The van der Waals surface area contributed by atoms with E-state index in [0.717, 1.165) is 27.8 Å². The van der Waals surface area contributed by atoms with Crippen molar-refractivity contribution in [2.45, 2.75) is 50.9 Å². The zero-order valence-electron chi connectivity index (χ0n) is 11.5. The zero-order valence-corrected chi connectivity index (χ0v) is 13.0. The Morgan fingerprint density at radius 3 is 2.05 bits per heavy atom. The highest BCUT2D eigenvalue weighted by atomic mass is 79.9. The third kappa shape index (κ3) is 1.79. The van der Waals surface area contributed by atoms with Gasteiger partial charge in [-0.15, -0.1) is 0 Å². The average molecular weight is 321 g/mol. The summed E-state index contributed by atoms with van der Waals surface area (Å²) in [6.07, 6.45) is 8.24. The Bertz CT molecular complexity index is 476. The van der Waals surface area contributed by atoms with Gasteiger partial charge in [0.15, 0.2) is 0 Å². The summed E-state index contributed by atoms with van der Waals surface area (Å²) in [7, 11) is 0. The smallest absolute Gasteiger partial charge is 0.120 e. The Labute approximate surface area is 123 Å². The second-order valence-electron chi connectivity index (χ2n) is 7.34. The lowest BCUT2D eigenvalue weighted by Crippen LogP contribution is -2.48. The quantitative estimate of drug-likeness (QED) is 0.777. The van der Waals surface area contributed by atoms with Gasteiger partial charge in [-0.1, -0.05) is 15.9 Å². The lowest BCUT2D eigenvalue weighted by molar-refractivity contribution is -0.00647. The van der Waals surface area contributed by atoms with Crippen LogP contribution in [-0.4, -0.2) is 5.11 Å². The monoisotopic (exact) mass is 320 g/mol. The van der Waals surface area contributed by atoms with E-state index in [-0.39, 0.29) is 5.41 Å². The molecule has 0 spiro atoms. The molecule has 2 heteroatoms. The van der Waals surface area contributed by atoms with Crippen molar-refractivity contribution in [1.82, 2.24) is 0 Å². The van der Waals surface area contributed by atoms with Crippen molar-refractivity contribution in [2.24, 2.45) is 17.8 Å². The number of rotatable bonds is 1. The lowest BCUT2D eigenvalue weighted by Gasteiger charge is -2.57. The second-order valence-corrected chi connectivity index (χ2v) is 8.19. The molecule has 1 aromatic rings. The molecule has 0 aromatic heterocycles. The van der Waals surface area contributed by atoms with Crippen molar-refractivity contribution in [3.05, 3.63) is 27.7 Å². The van der Waals surface area contributed by atoms with E-state index >= 15 is 0 Å². The summed E-state index contributed by atoms with van der Waals surface area (Å²) in [5.74, 6) is 3.27. The molecule has 102 valence electrons. The molecule has 1 aromatic carbocycles. The van der Waals surface area contributed by atoms with Gasteiger partial charge in [-0.2, -0.15) is 0 Å². The SMILES string of the molecule is Cc1cc(O)c(C23CC4CC(CC(C4)C2)C3)c(Br)c1. The van der Waals surface area contributed by atoms with Crippen LogP contribution in [0.4, 0.5) is 0 Å². The molecule has 0 amide bonds. The summed E-state index contributed by atoms with van der Waals surface area (Å²) < 4.78 is 1.13. The van der Waals surface area contributed by atoms with Gasteiger partial charge in [0.1, 0.15) is 5.75 Å². The third-order valence-electron chi connectivity index (χ3n) is 5.78. The molecule has 19 heavy (non-hydrogen) atoms. The predicted octanol–water partition coefficient (Wildman–Crippen LogP) is 4.93. The van der Waals surface area contributed by atoms with Crippen LogP contribution in [0.2, 0.25) is 0 Å². The molecule has 5 rings (SSSR count). The number of phenols is 1. The number of aromatic hydroxyl groups is 1. The van der Waals surface area contributed by atoms with Crippen LogP contribution < -0.4 is 0 Å². The van der Waals surface area contributed by atoms with E-state index in [1.807, 2.05) is 13.0 Å². The van der Waals surface area contributed by atoms with Crippen LogP contribution in [0, 0.1) is 24.7 Å². The van der Waals surface area contributed by atoms with Crippen LogP contribution in [0.25, 0.3) is 0 Å². The first-order valence-corrected chi connectivity index (χ1v) is 8.35. The first-order chi connectivity index (χ1) is 9.06. The molecule has 4 saturated carbocycles. The summed E-state index contributed by atoms with van der Waals surface area (Å²) >= 11 is 3.73. The molecular formula is C17H21BrO. The average Bonchev–Trinajstić information content (AvgIpc) is 2.24. The molecular weight excluding hydrogens is 300 g/mol. The van der Waals surface area contributed by atoms with E-state index < -0.39 is 0 Å². The van der Waals surface area contributed by atoms with E-state index in [9.17, 15) is 5.11 Å². The summed E-state index contributed by atoms with van der Waals surface area (Å²) in [4.78, 5) is 0. The van der Waals surface area contributed by atoms with Crippen LogP contribution in [0.5, 0.6) is 5.75 Å². The van der Waals surface area contributed by atoms with Gasteiger partial charge in [-0.05, 0) is 80.9 Å². The largest absolute Gasteiger partial charge is 0.508 e. The predicted molar refractivity (Wildman–Crippen MR) is 80.4 cm³/mol. The summed E-state index contributed by atoms with van der Waals surface area (Å²) in [5.41, 5.74) is 2.63. The highest BCUT2D eigenvalue weighted by Gasteiger charge is 2.52. The maximum absolute atomic E-state index is 10.5. The standard InChI is InChI=1S/C17H21BrO/c1-10-2-14(18)16(15(19)3-10)17-7-11-4-12(8-17)6-13(5-11)9-17/h2-3,11-13,19H,4-9H2,1H3. The molecule has 0 radical (unpaired) electrons. The van der Waals surface area contributed by atoms with E-state index in [0.29, 0.717) is 5.75 Å². The van der Waals surface area contributed by atoms with Gasteiger partial charge in [0.05, 0.1) is 0 Å². The van der Waals surface area contributed by atoms with Crippen LogP contribution in [0.1, 0.15) is 49.7 Å². The minimum atomic E-state index is 0.269. The van der Waals surface area contributed by atoms with Crippen LogP contribution in [-0.2, 0) is 5.41 Å². The Hall–Kier alpha value is -0.500. The topological polar surface area (TPSA) is 20.2 Å². The minimum absolute atomic E-state index is 0.269. The first-order valence-electron chi connectivity index (χ1n) is 7.55. The molecule has 4 bridgehead atoms. The van der Waals surface area contributed by atoms with Crippen molar-refractivity contribution in [3.8, 4) is 5.75 Å². The van der Waals surface area contributed by atoms with Crippen molar-refractivity contribution >= 4 is 15.9 Å². The lowest BCUT2D eigenvalue weighted by atomic mass is 9.48. The number of halogens is 1. The van der Waals surface area contributed by atoms with Crippen molar-refractivity contribution in [2.75, 3.05) is 0 Å². The van der Waals surface area contributed by atoms with E-state index in [1.54, 1.807) is 0 Å². The molecule has 1 nitrogen and oxygen atoms in total. The van der Waals surface area contributed by atoms with E-state index in [4.69, 9.17) is 0 Å². The molecule has 4 aliphatic rings. The number of hydrogen-bond donors (Lipinski definition) is 1. The van der Waals surface area contributed by atoms with Gasteiger partial charge in [0.25, 0.3) is 0 Å². The maximum atomic E-state index is 10.5. The van der Waals surface area contributed by atoms with Crippen LogP contribution in [0.3, 0.4) is 0 Å². The Kier molecular flexibility index (Phi) is 2.58. The molecule has 1 N–H and O–H groups in total. The summed E-state index contributed by atoms with van der Waals surface area (Å²) in [6, 6.07) is 4.12. The van der Waals surface area contributed by atoms with E-state index in [1.165, 1.54) is 44.1 Å². The first kappa shape index (κ1) is 12.3. The fourth-order valence-corrected chi connectivity index (χ4v) is 6.65. The van der Waals surface area contributed by atoms with Gasteiger partial charge < -0.3 is 5.11 Å².